The van der Waals surface area contributed by atoms with E-state index in [0.29, 0.717) is 6.54 Å². The number of benzene rings is 2. The van der Waals surface area contributed by atoms with Gasteiger partial charge in [0.25, 0.3) is 15.6 Å². The summed E-state index contributed by atoms with van der Waals surface area (Å²) < 4.78 is 33.5. The average molecular weight is 562 g/mol. The van der Waals surface area contributed by atoms with Gasteiger partial charge < -0.3 is 19.7 Å². The van der Waals surface area contributed by atoms with E-state index < -0.39 is 33.0 Å². The van der Waals surface area contributed by atoms with Gasteiger partial charge in [-0.3, -0.25) is 9.52 Å². The van der Waals surface area contributed by atoms with Crippen molar-refractivity contribution >= 4 is 56.5 Å². The minimum atomic E-state index is -4.27. The van der Waals surface area contributed by atoms with E-state index in [2.05, 4.69) is 14.7 Å². The van der Waals surface area contributed by atoms with E-state index in [1.54, 1.807) is 25.1 Å². The molecule has 0 amide bonds. The number of H-pyrrole nitrogens is 1. The fourth-order valence-electron chi connectivity index (χ4n) is 2.82. The largest absolute Gasteiger partial charge is 0.501 e. The van der Waals surface area contributed by atoms with E-state index in [4.69, 9.17) is 39.5 Å². The summed E-state index contributed by atoms with van der Waals surface area (Å²) in [6, 6.07) is 8.41. The molecule has 3 aromatic rings. The average Bonchev–Trinajstić information content (AvgIpc) is 2.78. The molecule has 0 atom stereocenters. The molecule has 3 N–H and O–H groups in total. The molecule has 0 aliphatic heterocycles. The zero-order valence-electron chi connectivity index (χ0n) is 18.3. The Labute approximate surface area is 215 Å². The Morgan fingerprint density at radius 3 is 2.51 bits per heavy atom. The number of anilines is 1. The van der Waals surface area contributed by atoms with Crippen molar-refractivity contribution in [2.45, 2.75) is 4.90 Å². The highest BCUT2D eigenvalue weighted by molar-refractivity contribution is 7.92. The van der Waals surface area contributed by atoms with Crippen molar-refractivity contribution in [2.75, 3.05) is 32.0 Å². The normalized spacial score (nSPS) is 11.5. The number of sulfonamides is 1. The van der Waals surface area contributed by atoms with Crippen molar-refractivity contribution in [3.63, 3.8) is 0 Å². The van der Waals surface area contributed by atoms with Crippen molar-refractivity contribution in [3.8, 4) is 17.1 Å². The SMILES string of the molecule is CN(C)CCOC(=O)c1nc(-c2ccccc2NS(=O)(=O)c2ccc(Cl)c(Cl)c2Cl)[nH]c(=O)c1O. The maximum Gasteiger partial charge on any atom is 0.361 e. The van der Waals surface area contributed by atoms with Crippen LogP contribution in [0.1, 0.15) is 10.5 Å². The number of likely N-dealkylation sites (N-methyl/N-ethyl adjacent to an activating group) is 1. The van der Waals surface area contributed by atoms with Gasteiger partial charge in [0.15, 0.2) is 5.69 Å². The minimum absolute atomic E-state index is 0.00408. The van der Waals surface area contributed by atoms with Crippen LogP contribution < -0.4 is 10.3 Å². The summed E-state index contributed by atoms with van der Waals surface area (Å²) in [6.45, 7) is 0.403. The molecule has 0 aliphatic rings. The first-order valence-corrected chi connectivity index (χ1v) is 12.4. The highest BCUT2D eigenvalue weighted by Gasteiger charge is 2.24. The highest BCUT2D eigenvalue weighted by Crippen LogP contribution is 2.36. The van der Waals surface area contributed by atoms with Crippen LogP contribution in [-0.2, 0) is 14.8 Å². The van der Waals surface area contributed by atoms with Crippen LogP contribution in [0, 0.1) is 0 Å². The molecule has 0 spiro atoms. The molecule has 0 saturated heterocycles. The second kappa shape index (κ2) is 10.8. The number of para-hydroxylation sites is 1. The molecule has 1 heterocycles. The monoisotopic (exact) mass is 560 g/mol. The molecular weight excluding hydrogens is 543 g/mol. The zero-order valence-corrected chi connectivity index (χ0v) is 21.4. The molecule has 10 nitrogen and oxygen atoms in total. The van der Waals surface area contributed by atoms with E-state index >= 15 is 0 Å². The summed E-state index contributed by atoms with van der Waals surface area (Å²) in [7, 11) is -0.717. The number of aromatic nitrogens is 2. The number of rotatable bonds is 8. The summed E-state index contributed by atoms with van der Waals surface area (Å²) in [5.41, 5.74) is -1.53. The molecular formula is C21H19Cl3N4O6S. The molecule has 0 fully saturated rings. The summed E-state index contributed by atoms with van der Waals surface area (Å²) in [5, 5.41) is 9.73. The first-order chi connectivity index (χ1) is 16.4. The van der Waals surface area contributed by atoms with Gasteiger partial charge in [0, 0.05) is 12.1 Å². The Morgan fingerprint density at radius 1 is 1.14 bits per heavy atom. The van der Waals surface area contributed by atoms with E-state index in [-0.39, 0.29) is 43.6 Å². The molecule has 35 heavy (non-hydrogen) atoms. The van der Waals surface area contributed by atoms with Crippen LogP contribution in [0.15, 0.2) is 46.1 Å². The molecule has 0 unspecified atom stereocenters. The molecule has 0 bridgehead atoms. The van der Waals surface area contributed by atoms with Gasteiger partial charge in [-0.15, -0.1) is 0 Å². The first kappa shape index (κ1) is 26.8. The number of carbonyl (C=O) groups is 1. The lowest BCUT2D eigenvalue weighted by Crippen LogP contribution is -2.22. The molecule has 0 aliphatic carbocycles. The van der Waals surface area contributed by atoms with Gasteiger partial charge in [-0.2, -0.15) is 0 Å². The molecule has 14 heteroatoms. The van der Waals surface area contributed by atoms with Crippen molar-refractivity contribution in [1.29, 1.82) is 0 Å². The van der Waals surface area contributed by atoms with Crippen molar-refractivity contribution in [1.82, 2.24) is 14.9 Å². The maximum absolute atomic E-state index is 13.0. The number of halogens is 3. The second-order valence-corrected chi connectivity index (χ2v) is 10.2. The standard InChI is InChI=1S/C21H19Cl3N4O6S/c1-28(2)9-10-34-21(31)17-18(29)20(30)26-19(25-17)11-5-3-4-6-13(11)27-35(32,33)14-8-7-12(22)15(23)16(14)24/h3-8,27,29H,9-10H2,1-2H3,(H,25,26,30). The molecule has 0 saturated carbocycles. The van der Waals surface area contributed by atoms with Crippen LogP contribution in [0.25, 0.3) is 11.4 Å². The number of aromatic amines is 1. The fraction of sp³-hybridized carbons (Fsp3) is 0.190. The summed E-state index contributed by atoms with van der Waals surface area (Å²) >= 11 is 17.9. The summed E-state index contributed by atoms with van der Waals surface area (Å²) in [6.07, 6.45) is 0. The number of esters is 1. The Morgan fingerprint density at radius 2 is 1.83 bits per heavy atom. The molecule has 3 rings (SSSR count). The van der Waals surface area contributed by atoms with E-state index in [0.717, 1.165) is 0 Å². The van der Waals surface area contributed by atoms with Crippen molar-refractivity contribution in [2.24, 2.45) is 0 Å². The van der Waals surface area contributed by atoms with Crippen LogP contribution in [-0.4, -0.2) is 61.6 Å². The Bertz CT molecular complexity index is 1440. The van der Waals surface area contributed by atoms with Crippen LogP contribution in [0.4, 0.5) is 5.69 Å². The quantitative estimate of drug-likeness (QED) is 0.280. The lowest BCUT2D eigenvalue weighted by atomic mass is 10.1. The first-order valence-electron chi connectivity index (χ1n) is 9.83. The van der Waals surface area contributed by atoms with Gasteiger partial charge in [0.05, 0.1) is 20.8 Å². The van der Waals surface area contributed by atoms with Crippen molar-refractivity contribution < 1.29 is 23.1 Å². The summed E-state index contributed by atoms with van der Waals surface area (Å²) in [4.78, 5) is 32.5. The van der Waals surface area contributed by atoms with Crippen LogP contribution in [0.2, 0.25) is 15.1 Å². The van der Waals surface area contributed by atoms with Crippen molar-refractivity contribution in [3.05, 3.63) is 67.5 Å². The molecule has 0 radical (unpaired) electrons. The van der Waals surface area contributed by atoms with Crippen LogP contribution in [0.3, 0.4) is 0 Å². The van der Waals surface area contributed by atoms with E-state index in [1.165, 1.54) is 30.3 Å². The Balaban J connectivity index is 2.02. The topological polar surface area (TPSA) is 142 Å². The zero-order chi connectivity index (χ0) is 25.9. The third-order valence-electron chi connectivity index (χ3n) is 4.58. The Hall–Kier alpha value is -2.83. The number of nitrogens with one attached hydrogen (secondary N) is 2. The summed E-state index contributed by atoms with van der Waals surface area (Å²) in [5.74, 6) is -2.13. The van der Waals surface area contributed by atoms with Crippen LogP contribution in [0.5, 0.6) is 5.75 Å². The lowest BCUT2D eigenvalue weighted by Gasteiger charge is -2.14. The maximum atomic E-state index is 13.0. The van der Waals surface area contributed by atoms with Crippen LogP contribution >= 0.6 is 34.8 Å². The van der Waals surface area contributed by atoms with Gasteiger partial charge in [0.2, 0.25) is 5.75 Å². The second-order valence-electron chi connectivity index (χ2n) is 7.38. The van der Waals surface area contributed by atoms with Gasteiger partial charge in [-0.25, -0.2) is 18.2 Å². The number of carbonyl (C=O) groups excluding carboxylic acids is 1. The minimum Gasteiger partial charge on any atom is -0.501 e. The highest BCUT2D eigenvalue weighted by atomic mass is 35.5. The third-order valence-corrected chi connectivity index (χ3v) is 7.39. The van der Waals surface area contributed by atoms with Gasteiger partial charge in [-0.05, 0) is 38.4 Å². The number of hydrogen-bond donors (Lipinski definition) is 3. The van der Waals surface area contributed by atoms with Gasteiger partial charge >= 0.3 is 5.97 Å². The smallest absolute Gasteiger partial charge is 0.361 e. The number of hydrogen-bond acceptors (Lipinski definition) is 8. The van der Waals surface area contributed by atoms with E-state index in [9.17, 15) is 23.1 Å². The van der Waals surface area contributed by atoms with Gasteiger partial charge in [0.1, 0.15) is 17.3 Å². The lowest BCUT2D eigenvalue weighted by molar-refractivity contribution is 0.0471. The molecule has 1 aromatic heterocycles. The third kappa shape index (κ3) is 6.06. The number of aromatic hydroxyl groups is 1. The number of nitrogens with zero attached hydrogens (tertiary/aromatic N) is 2. The fourth-order valence-corrected chi connectivity index (χ4v) is 4.88. The predicted octanol–water partition coefficient (Wildman–Crippen LogP) is 3.62. The molecule has 2 aromatic carbocycles. The molecule has 186 valence electrons. The number of ether oxygens (including phenoxy) is 1. The Kier molecular flexibility index (Phi) is 8.29. The predicted molar refractivity (Wildman–Crippen MR) is 133 cm³/mol. The van der Waals surface area contributed by atoms with Gasteiger partial charge in [-0.1, -0.05) is 46.9 Å². The van der Waals surface area contributed by atoms with E-state index in [1.807, 2.05) is 0 Å².